The summed E-state index contributed by atoms with van der Waals surface area (Å²) in [5.41, 5.74) is 1.13. The minimum Gasteiger partial charge on any atom is -0.311 e. The molecule has 17 heavy (non-hydrogen) atoms. The molecule has 0 saturated carbocycles. The van der Waals surface area contributed by atoms with Crippen LogP contribution in [0.15, 0.2) is 12.3 Å². The topological polar surface area (TPSA) is 41.1 Å². The average Bonchev–Trinajstić information content (AvgIpc) is 2.30. The standard InChI is InChI=1S/C13H22N4/c1-3-4-12-9-17(8-7-15-12)10-13-5-6-14-11(2)16-13/h5-6,12,15H,3-4,7-10H2,1-2H3. The Morgan fingerprint density at radius 2 is 2.41 bits per heavy atom. The monoisotopic (exact) mass is 234 g/mol. The number of aryl methyl sites for hydroxylation is 1. The fourth-order valence-electron chi connectivity index (χ4n) is 2.40. The van der Waals surface area contributed by atoms with E-state index in [4.69, 9.17) is 0 Å². The van der Waals surface area contributed by atoms with Gasteiger partial charge in [-0.2, -0.15) is 0 Å². The van der Waals surface area contributed by atoms with Crippen molar-refractivity contribution in [2.45, 2.75) is 39.3 Å². The first-order chi connectivity index (χ1) is 8.28. The normalized spacial score (nSPS) is 21.6. The maximum absolute atomic E-state index is 4.47. The van der Waals surface area contributed by atoms with Gasteiger partial charge in [0.1, 0.15) is 5.82 Å². The van der Waals surface area contributed by atoms with Crippen LogP contribution in [0.3, 0.4) is 0 Å². The lowest BCUT2D eigenvalue weighted by Gasteiger charge is -2.33. The van der Waals surface area contributed by atoms with Crippen LogP contribution in [0.2, 0.25) is 0 Å². The number of nitrogens with one attached hydrogen (secondary N) is 1. The van der Waals surface area contributed by atoms with E-state index in [1.165, 1.54) is 12.8 Å². The summed E-state index contributed by atoms with van der Waals surface area (Å²) < 4.78 is 0. The quantitative estimate of drug-likeness (QED) is 0.854. The van der Waals surface area contributed by atoms with Crippen LogP contribution in [-0.4, -0.2) is 40.5 Å². The van der Waals surface area contributed by atoms with Crippen LogP contribution in [0, 0.1) is 6.92 Å². The van der Waals surface area contributed by atoms with E-state index in [2.05, 4.69) is 27.1 Å². The molecule has 1 fully saturated rings. The van der Waals surface area contributed by atoms with Gasteiger partial charge in [-0.25, -0.2) is 9.97 Å². The molecule has 2 heterocycles. The van der Waals surface area contributed by atoms with E-state index < -0.39 is 0 Å². The van der Waals surface area contributed by atoms with Gasteiger partial charge in [0.25, 0.3) is 0 Å². The van der Waals surface area contributed by atoms with E-state index in [1.54, 1.807) is 0 Å². The summed E-state index contributed by atoms with van der Waals surface area (Å²) in [7, 11) is 0. The predicted octanol–water partition coefficient (Wildman–Crippen LogP) is 1.36. The molecular formula is C13H22N4. The molecular weight excluding hydrogens is 212 g/mol. The Bertz CT molecular complexity index is 351. The number of rotatable bonds is 4. The molecule has 0 aliphatic carbocycles. The number of hydrogen-bond acceptors (Lipinski definition) is 4. The van der Waals surface area contributed by atoms with Gasteiger partial charge < -0.3 is 5.32 Å². The first kappa shape index (κ1) is 12.5. The fourth-order valence-corrected chi connectivity index (χ4v) is 2.40. The van der Waals surface area contributed by atoms with Crippen LogP contribution in [0.25, 0.3) is 0 Å². The molecule has 0 radical (unpaired) electrons. The molecule has 0 bridgehead atoms. The summed E-state index contributed by atoms with van der Waals surface area (Å²) in [6.45, 7) is 8.48. The molecule has 4 heteroatoms. The van der Waals surface area contributed by atoms with E-state index in [-0.39, 0.29) is 0 Å². The molecule has 1 N–H and O–H groups in total. The van der Waals surface area contributed by atoms with Crippen molar-refractivity contribution in [1.82, 2.24) is 20.2 Å². The van der Waals surface area contributed by atoms with E-state index in [0.717, 1.165) is 37.7 Å². The smallest absolute Gasteiger partial charge is 0.125 e. The van der Waals surface area contributed by atoms with Gasteiger partial charge in [-0.05, 0) is 19.4 Å². The summed E-state index contributed by atoms with van der Waals surface area (Å²) >= 11 is 0. The van der Waals surface area contributed by atoms with E-state index >= 15 is 0 Å². The second-order valence-electron chi connectivity index (χ2n) is 4.77. The molecule has 2 rings (SSSR count). The maximum Gasteiger partial charge on any atom is 0.125 e. The van der Waals surface area contributed by atoms with E-state index in [0.29, 0.717) is 6.04 Å². The first-order valence-corrected chi connectivity index (χ1v) is 6.52. The third-order valence-electron chi connectivity index (χ3n) is 3.20. The average molecular weight is 234 g/mol. The SMILES string of the molecule is CCCC1CN(Cc2ccnc(C)n2)CCN1. The summed E-state index contributed by atoms with van der Waals surface area (Å²) in [6.07, 6.45) is 4.36. The van der Waals surface area contributed by atoms with Crippen molar-refractivity contribution < 1.29 is 0 Å². The third kappa shape index (κ3) is 3.75. The van der Waals surface area contributed by atoms with Crippen LogP contribution in [0.5, 0.6) is 0 Å². The van der Waals surface area contributed by atoms with Gasteiger partial charge in [0.05, 0.1) is 5.69 Å². The van der Waals surface area contributed by atoms with Crippen molar-refractivity contribution in [2.75, 3.05) is 19.6 Å². The Morgan fingerprint density at radius 3 is 3.18 bits per heavy atom. The lowest BCUT2D eigenvalue weighted by molar-refractivity contribution is 0.185. The predicted molar refractivity (Wildman–Crippen MR) is 68.7 cm³/mol. The Hall–Kier alpha value is -1.00. The number of aromatic nitrogens is 2. The Kier molecular flexibility index (Phi) is 4.45. The highest BCUT2D eigenvalue weighted by atomic mass is 15.2. The van der Waals surface area contributed by atoms with Crippen LogP contribution in [0.1, 0.15) is 31.3 Å². The Labute approximate surface area is 103 Å². The second-order valence-corrected chi connectivity index (χ2v) is 4.77. The number of hydrogen-bond donors (Lipinski definition) is 1. The zero-order chi connectivity index (χ0) is 12.1. The zero-order valence-corrected chi connectivity index (χ0v) is 10.8. The van der Waals surface area contributed by atoms with Gasteiger partial charge in [-0.15, -0.1) is 0 Å². The van der Waals surface area contributed by atoms with Crippen LogP contribution >= 0.6 is 0 Å². The molecule has 0 spiro atoms. The van der Waals surface area contributed by atoms with Crippen molar-refractivity contribution in [1.29, 1.82) is 0 Å². The minimum absolute atomic E-state index is 0.650. The molecule has 1 aromatic heterocycles. The highest BCUT2D eigenvalue weighted by molar-refractivity contribution is 5.01. The van der Waals surface area contributed by atoms with Crippen molar-refractivity contribution in [3.8, 4) is 0 Å². The molecule has 0 aromatic carbocycles. The minimum atomic E-state index is 0.650. The molecule has 0 amide bonds. The Balaban J connectivity index is 1.90. The molecule has 1 saturated heterocycles. The third-order valence-corrected chi connectivity index (χ3v) is 3.20. The lowest BCUT2D eigenvalue weighted by Crippen LogP contribution is -2.50. The molecule has 1 unspecified atom stereocenters. The maximum atomic E-state index is 4.47. The molecule has 4 nitrogen and oxygen atoms in total. The van der Waals surface area contributed by atoms with E-state index in [9.17, 15) is 0 Å². The summed E-state index contributed by atoms with van der Waals surface area (Å²) in [4.78, 5) is 11.1. The molecule has 94 valence electrons. The van der Waals surface area contributed by atoms with Crippen molar-refractivity contribution in [3.05, 3.63) is 23.8 Å². The highest BCUT2D eigenvalue weighted by Gasteiger charge is 2.18. The summed E-state index contributed by atoms with van der Waals surface area (Å²) in [6, 6.07) is 2.67. The van der Waals surface area contributed by atoms with Gasteiger partial charge in [0, 0.05) is 38.4 Å². The van der Waals surface area contributed by atoms with Crippen molar-refractivity contribution in [3.63, 3.8) is 0 Å². The number of piperazine rings is 1. The molecule has 1 aliphatic rings. The van der Waals surface area contributed by atoms with Gasteiger partial charge in [0.2, 0.25) is 0 Å². The van der Waals surface area contributed by atoms with Crippen molar-refractivity contribution >= 4 is 0 Å². The van der Waals surface area contributed by atoms with E-state index in [1.807, 2.05) is 19.2 Å². The Morgan fingerprint density at radius 1 is 1.53 bits per heavy atom. The van der Waals surface area contributed by atoms with Crippen LogP contribution in [-0.2, 0) is 6.54 Å². The van der Waals surface area contributed by atoms with Crippen LogP contribution < -0.4 is 5.32 Å². The zero-order valence-electron chi connectivity index (χ0n) is 10.8. The summed E-state index contributed by atoms with van der Waals surface area (Å²) in [5.74, 6) is 0.864. The molecule has 1 aliphatic heterocycles. The second kappa shape index (κ2) is 6.07. The van der Waals surface area contributed by atoms with Gasteiger partial charge in [0.15, 0.2) is 0 Å². The molecule has 1 aromatic rings. The highest BCUT2D eigenvalue weighted by Crippen LogP contribution is 2.08. The van der Waals surface area contributed by atoms with Gasteiger partial charge in [-0.1, -0.05) is 13.3 Å². The fraction of sp³-hybridized carbons (Fsp3) is 0.692. The largest absolute Gasteiger partial charge is 0.311 e. The molecule has 1 atom stereocenters. The first-order valence-electron chi connectivity index (χ1n) is 6.52. The number of nitrogens with zero attached hydrogens (tertiary/aromatic N) is 3. The summed E-state index contributed by atoms with van der Waals surface area (Å²) in [5, 5.41) is 3.57. The van der Waals surface area contributed by atoms with Crippen molar-refractivity contribution in [2.24, 2.45) is 0 Å². The van der Waals surface area contributed by atoms with Gasteiger partial charge >= 0.3 is 0 Å². The lowest BCUT2D eigenvalue weighted by atomic mass is 10.1. The van der Waals surface area contributed by atoms with Gasteiger partial charge in [-0.3, -0.25) is 4.90 Å². The van der Waals surface area contributed by atoms with Crippen LogP contribution in [0.4, 0.5) is 0 Å².